The summed E-state index contributed by atoms with van der Waals surface area (Å²) in [5.41, 5.74) is 10.6. The van der Waals surface area contributed by atoms with Crippen molar-refractivity contribution in [3.63, 3.8) is 0 Å². The Morgan fingerprint density at radius 1 is 0.477 bits per heavy atom. The minimum absolute atomic E-state index is 0.894. The van der Waals surface area contributed by atoms with Crippen molar-refractivity contribution in [1.29, 1.82) is 0 Å². The number of aromatic nitrogens is 2. The standard InChI is InChI=1S/C41H26N2O/c1-3-11-27(12-4-1)30-21-24-38-34(25-30)35-26-31-15-7-8-16-33(31)39(40(35)44-38)28-19-22-32(23-20-28)43-37-18-10-9-17-36(37)42-41(43)29-13-5-2-6-14-29/h1-26H. The third-order valence-corrected chi connectivity index (χ3v) is 8.60. The lowest BCUT2D eigenvalue weighted by Gasteiger charge is -2.12. The summed E-state index contributed by atoms with van der Waals surface area (Å²) in [6.45, 7) is 0. The number of imidazole rings is 1. The third kappa shape index (κ3) is 3.87. The minimum atomic E-state index is 0.894. The molecule has 0 saturated carbocycles. The number of benzene rings is 7. The molecule has 9 rings (SSSR count). The molecule has 0 bridgehead atoms. The molecule has 0 aliphatic heterocycles. The van der Waals surface area contributed by atoms with E-state index in [2.05, 4.69) is 150 Å². The molecule has 0 amide bonds. The highest BCUT2D eigenvalue weighted by atomic mass is 16.3. The average Bonchev–Trinajstić information content (AvgIpc) is 3.66. The summed E-state index contributed by atoms with van der Waals surface area (Å²) in [5, 5.41) is 4.62. The zero-order valence-corrected chi connectivity index (χ0v) is 23.8. The van der Waals surface area contributed by atoms with Gasteiger partial charge in [-0.15, -0.1) is 0 Å². The van der Waals surface area contributed by atoms with E-state index in [1.807, 2.05) is 12.1 Å². The molecule has 0 unspecified atom stereocenters. The predicted octanol–water partition coefficient (Wildman–Crippen LogP) is 11.1. The van der Waals surface area contributed by atoms with Crippen molar-refractivity contribution in [2.24, 2.45) is 0 Å². The molecule has 0 N–H and O–H groups in total. The highest BCUT2D eigenvalue weighted by Gasteiger charge is 2.18. The van der Waals surface area contributed by atoms with Gasteiger partial charge in [-0.3, -0.25) is 4.57 Å². The maximum absolute atomic E-state index is 6.66. The van der Waals surface area contributed by atoms with E-state index in [9.17, 15) is 0 Å². The fourth-order valence-electron chi connectivity index (χ4n) is 6.52. The molecule has 0 aliphatic rings. The summed E-state index contributed by atoms with van der Waals surface area (Å²) in [6, 6.07) is 55.4. The Labute approximate surface area is 254 Å². The van der Waals surface area contributed by atoms with Crippen LogP contribution < -0.4 is 0 Å². The zero-order valence-electron chi connectivity index (χ0n) is 23.8. The highest BCUT2D eigenvalue weighted by Crippen LogP contribution is 2.42. The maximum Gasteiger partial charge on any atom is 0.145 e. The van der Waals surface area contributed by atoms with Gasteiger partial charge in [-0.2, -0.15) is 0 Å². The Hall–Kier alpha value is -5.93. The van der Waals surface area contributed by atoms with Crippen LogP contribution in [0.4, 0.5) is 0 Å². The Kier molecular flexibility index (Phi) is 5.50. The van der Waals surface area contributed by atoms with Crippen LogP contribution in [0.15, 0.2) is 162 Å². The van der Waals surface area contributed by atoms with Gasteiger partial charge in [0.15, 0.2) is 0 Å². The van der Waals surface area contributed by atoms with E-state index in [1.54, 1.807) is 0 Å². The van der Waals surface area contributed by atoms with Gasteiger partial charge in [-0.1, -0.05) is 115 Å². The van der Waals surface area contributed by atoms with Gasteiger partial charge >= 0.3 is 0 Å². The van der Waals surface area contributed by atoms with Crippen molar-refractivity contribution in [3.8, 4) is 39.3 Å². The quantitative estimate of drug-likeness (QED) is 0.214. The highest BCUT2D eigenvalue weighted by molar-refractivity contribution is 6.18. The second-order valence-corrected chi connectivity index (χ2v) is 11.2. The number of rotatable bonds is 4. The van der Waals surface area contributed by atoms with Crippen molar-refractivity contribution in [3.05, 3.63) is 158 Å². The van der Waals surface area contributed by atoms with Gasteiger partial charge < -0.3 is 4.42 Å². The third-order valence-electron chi connectivity index (χ3n) is 8.60. The van der Waals surface area contributed by atoms with Crippen LogP contribution in [0.2, 0.25) is 0 Å². The summed E-state index contributed by atoms with van der Waals surface area (Å²) in [4.78, 5) is 5.02. The molecule has 3 nitrogen and oxygen atoms in total. The molecule has 0 fully saturated rings. The van der Waals surface area contributed by atoms with E-state index in [0.29, 0.717) is 0 Å². The molecular weight excluding hydrogens is 536 g/mol. The van der Waals surface area contributed by atoms with E-state index in [0.717, 1.165) is 61.2 Å². The first-order valence-electron chi connectivity index (χ1n) is 14.9. The minimum Gasteiger partial charge on any atom is -0.455 e. The molecule has 0 radical (unpaired) electrons. The smallest absolute Gasteiger partial charge is 0.145 e. The van der Waals surface area contributed by atoms with Gasteiger partial charge in [0, 0.05) is 27.6 Å². The number of hydrogen-bond acceptors (Lipinski definition) is 2. The molecule has 2 aromatic heterocycles. The van der Waals surface area contributed by atoms with Crippen molar-refractivity contribution in [1.82, 2.24) is 9.55 Å². The van der Waals surface area contributed by atoms with Crippen LogP contribution in [-0.4, -0.2) is 9.55 Å². The van der Waals surface area contributed by atoms with Crippen molar-refractivity contribution in [2.75, 3.05) is 0 Å². The topological polar surface area (TPSA) is 31.0 Å². The average molecular weight is 563 g/mol. The molecule has 206 valence electrons. The predicted molar refractivity (Wildman–Crippen MR) is 182 cm³/mol. The number of hydrogen-bond donors (Lipinski definition) is 0. The van der Waals surface area contributed by atoms with Gasteiger partial charge in [-0.05, 0) is 69.9 Å². The second kappa shape index (κ2) is 9.82. The van der Waals surface area contributed by atoms with Crippen molar-refractivity contribution >= 4 is 43.7 Å². The van der Waals surface area contributed by atoms with Gasteiger partial charge in [0.05, 0.1) is 11.0 Å². The van der Waals surface area contributed by atoms with Gasteiger partial charge in [0.1, 0.15) is 17.0 Å². The molecule has 0 atom stereocenters. The van der Waals surface area contributed by atoms with Crippen molar-refractivity contribution in [2.45, 2.75) is 0 Å². The first kappa shape index (κ1) is 24.6. The molecule has 44 heavy (non-hydrogen) atoms. The fraction of sp³-hybridized carbons (Fsp3) is 0. The van der Waals surface area contributed by atoms with Crippen LogP contribution in [0.5, 0.6) is 0 Å². The first-order chi connectivity index (χ1) is 21.8. The largest absolute Gasteiger partial charge is 0.455 e. The molecule has 2 heterocycles. The van der Waals surface area contributed by atoms with E-state index < -0.39 is 0 Å². The summed E-state index contributed by atoms with van der Waals surface area (Å²) < 4.78 is 8.91. The lowest BCUT2D eigenvalue weighted by Crippen LogP contribution is -1.97. The van der Waals surface area contributed by atoms with Crippen LogP contribution >= 0.6 is 0 Å². The summed E-state index contributed by atoms with van der Waals surface area (Å²) in [5.74, 6) is 0.929. The SMILES string of the molecule is c1ccc(-c2ccc3oc4c(-c5ccc(-n6c(-c7ccccc7)nc7ccccc76)cc5)c5ccccc5cc4c3c2)cc1. The maximum atomic E-state index is 6.66. The van der Waals surface area contributed by atoms with Gasteiger partial charge in [-0.25, -0.2) is 4.98 Å². The summed E-state index contributed by atoms with van der Waals surface area (Å²) in [6.07, 6.45) is 0. The number of nitrogens with zero attached hydrogens (tertiary/aromatic N) is 2. The molecule has 0 spiro atoms. The molecule has 0 saturated heterocycles. The monoisotopic (exact) mass is 562 g/mol. The van der Waals surface area contributed by atoms with E-state index in [1.165, 1.54) is 21.9 Å². The van der Waals surface area contributed by atoms with Crippen LogP contribution in [0.25, 0.3) is 83.1 Å². The lowest BCUT2D eigenvalue weighted by molar-refractivity contribution is 0.670. The Morgan fingerprint density at radius 3 is 1.98 bits per heavy atom. The second-order valence-electron chi connectivity index (χ2n) is 11.2. The number of furan rings is 1. The summed E-state index contributed by atoms with van der Waals surface area (Å²) in [7, 11) is 0. The molecule has 9 aromatic rings. The van der Waals surface area contributed by atoms with Gasteiger partial charge in [0.2, 0.25) is 0 Å². The van der Waals surface area contributed by atoms with Crippen LogP contribution in [-0.2, 0) is 0 Å². The van der Waals surface area contributed by atoms with E-state index in [4.69, 9.17) is 9.40 Å². The number of para-hydroxylation sites is 2. The van der Waals surface area contributed by atoms with Crippen LogP contribution in [0, 0.1) is 0 Å². The van der Waals surface area contributed by atoms with Crippen LogP contribution in [0.3, 0.4) is 0 Å². The van der Waals surface area contributed by atoms with Gasteiger partial charge in [0.25, 0.3) is 0 Å². The fourth-order valence-corrected chi connectivity index (χ4v) is 6.52. The Morgan fingerprint density at radius 2 is 1.16 bits per heavy atom. The molecule has 7 aromatic carbocycles. The normalized spacial score (nSPS) is 11.6. The zero-order chi connectivity index (χ0) is 29.0. The van der Waals surface area contributed by atoms with E-state index >= 15 is 0 Å². The molecular formula is C41H26N2O. The summed E-state index contributed by atoms with van der Waals surface area (Å²) >= 11 is 0. The Bertz CT molecular complexity index is 2470. The first-order valence-corrected chi connectivity index (χ1v) is 14.9. The van der Waals surface area contributed by atoms with E-state index in [-0.39, 0.29) is 0 Å². The lowest BCUT2D eigenvalue weighted by atomic mass is 9.94. The van der Waals surface area contributed by atoms with Crippen molar-refractivity contribution < 1.29 is 4.42 Å². The Balaban J connectivity index is 1.25. The van der Waals surface area contributed by atoms with Crippen LogP contribution in [0.1, 0.15) is 0 Å². The molecule has 0 aliphatic carbocycles. The molecule has 3 heteroatoms. The number of fused-ring (bicyclic) bond motifs is 5.